The first-order valence-corrected chi connectivity index (χ1v) is 3.03. The maximum absolute atomic E-state index is 5.49. The highest BCUT2D eigenvalue weighted by atomic mass is 16.5. The van der Waals surface area contributed by atoms with Gasteiger partial charge in [0.15, 0.2) is 0 Å². The van der Waals surface area contributed by atoms with E-state index in [1.807, 2.05) is 0 Å². The summed E-state index contributed by atoms with van der Waals surface area (Å²) in [6.45, 7) is 4.14. The van der Waals surface area contributed by atoms with Crippen LogP contribution in [0, 0.1) is 0 Å². The van der Waals surface area contributed by atoms with E-state index in [9.17, 15) is 0 Å². The van der Waals surface area contributed by atoms with Crippen molar-refractivity contribution in [1.29, 1.82) is 0 Å². The molecular weight excluding hydrogens is 98.9 g/mol. The van der Waals surface area contributed by atoms with Gasteiger partial charge in [-0.3, -0.25) is 0 Å². The van der Waals surface area contributed by atoms with Crippen molar-refractivity contribution in [3.63, 3.8) is 0 Å². The SMILES string of the molecule is [B][C@H]1CCC(C)(C)O1. The van der Waals surface area contributed by atoms with Gasteiger partial charge in [0.1, 0.15) is 7.85 Å². The van der Waals surface area contributed by atoms with E-state index in [1.165, 1.54) is 0 Å². The van der Waals surface area contributed by atoms with Crippen LogP contribution in [0.25, 0.3) is 0 Å². The molecule has 1 atom stereocenters. The van der Waals surface area contributed by atoms with Crippen LogP contribution in [0.1, 0.15) is 26.7 Å². The van der Waals surface area contributed by atoms with E-state index in [0.29, 0.717) is 0 Å². The smallest absolute Gasteiger partial charge is 0.109 e. The molecule has 1 aliphatic rings. The van der Waals surface area contributed by atoms with Crippen molar-refractivity contribution in [2.75, 3.05) is 0 Å². The molecular formula is C6H11BO. The Kier molecular flexibility index (Phi) is 1.36. The predicted molar refractivity (Wildman–Crippen MR) is 33.9 cm³/mol. The van der Waals surface area contributed by atoms with Gasteiger partial charge in [-0.25, -0.2) is 0 Å². The first-order valence-electron chi connectivity index (χ1n) is 3.03. The molecule has 0 aromatic rings. The zero-order valence-corrected chi connectivity index (χ0v) is 5.48. The van der Waals surface area contributed by atoms with E-state index < -0.39 is 0 Å². The molecule has 0 aliphatic carbocycles. The van der Waals surface area contributed by atoms with Crippen LogP contribution in [0.2, 0.25) is 0 Å². The second-order valence-electron chi connectivity index (χ2n) is 2.95. The van der Waals surface area contributed by atoms with Crippen molar-refractivity contribution in [3.05, 3.63) is 0 Å². The van der Waals surface area contributed by atoms with Crippen molar-refractivity contribution in [3.8, 4) is 0 Å². The van der Waals surface area contributed by atoms with E-state index in [2.05, 4.69) is 13.8 Å². The molecule has 0 aromatic carbocycles. The second kappa shape index (κ2) is 1.76. The van der Waals surface area contributed by atoms with Crippen molar-refractivity contribution in [1.82, 2.24) is 0 Å². The zero-order valence-electron chi connectivity index (χ0n) is 5.48. The van der Waals surface area contributed by atoms with Gasteiger partial charge >= 0.3 is 0 Å². The van der Waals surface area contributed by atoms with Crippen molar-refractivity contribution in [2.45, 2.75) is 38.3 Å². The molecule has 1 rings (SSSR count). The summed E-state index contributed by atoms with van der Waals surface area (Å²) in [4.78, 5) is 0. The third kappa shape index (κ3) is 1.25. The van der Waals surface area contributed by atoms with Gasteiger partial charge in [-0.2, -0.15) is 0 Å². The van der Waals surface area contributed by atoms with Crippen LogP contribution in [0.5, 0.6) is 0 Å². The monoisotopic (exact) mass is 110 g/mol. The van der Waals surface area contributed by atoms with Crippen LogP contribution >= 0.6 is 0 Å². The number of rotatable bonds is 0. The minimum Gasteiger partial charge on any atom is -0.382 e. The average molecular weight is 110 g/mol. The lowest BCUT2D eigenvalue weighted by Crippen LogP contribution is -2.19. The van der Waals surface area contributed by atoms with Crippen LogP contribution in [0.3, 0.4) is 0 Å². The van der Waals surface area contributed by atoms with E-state index >= 15 is 0 Å². The third-order valence-electron chi connectivity index (χ3n) is 1.50. The molecule has 0 spiro atoms. The van der Waals surface area contributed by atoms with Crippen LogP contribution < -0.4 is 0 Å². The second-order valence-corrected chi connectivity index (χ2v) is 2.95. The summed E-state index contributed by atoms with van der Waals surface area (Å²) < 4.78 is 5.33. The molecule has 0 N–H and O–H groups in total. The largest absolute Gasteiger partial charge is 0.382 e. The Bertz CT molecular complexity index is 90.5. The number of hydrogen-bond acceptors (Lipinski definition) is 1. The first kappa shape index (κ1) is 6.15. The van der Waals surface area contributed by atoms with Gasteiger partial charge in [-0.05, 0) is 26.7 Å². The highest BCUT2D eigenvalue weighted by Crippen LogP contribution is 2.27. The highest BCUT2D eigenvalue weighted by Gasteiger charge is 2.27. The number of ether oxygens (including phenoxy) is 1. The molecule has 0 aromatic heterocycles. The Hall–Kier alpha value is 0.0249. The van der Waals surface area contributed by atoms with Gasteiger partial charge in [-0.15, -0.1) is 0 Å². The Morgan fingerprint density at radius 3 is 2.38 bits per heavy atom. The van der Waals surface area contributed by atoms with E-state index in [4.69, 9.17) is 12.6 Å². The summed E-state index contributed by atoms with van der Waals surface area (Å²) in [6, 6.07) is -0.00926. The predicted octanol–water partition coefficient (Wildman–Crippen LogP) is 1.07. The third-order valence-corrected chi connectivity index (χ3v) is 1.50. The van der Waals surface area contributed by atoms with Gasteiger partial charge in [0.05, 0.1) is 5.60 Å². The van der Waals surface area contributed by atoms with Crippen LogP contribution in [0.15, 0.2) is 0 Å². The van der Waals surface area contributed by atoms with Crippen molar-refractivity contribution >= 4 is 7.85 Å². The molecule has 44 valence electrons. The number of hydrogen-bond donors (Lipinski definition) is 0. The molecule has 0 bridgehead atoms. The first-order chi connectivity index (χ1) is 3.60. The lowest BCUT2D eigenvalue weighted by molar-refractivity contribution is 0.0185. The molecule has 1 aliphatic heterocycles. The molecule has 0 unspecified atom stereocenters. The summed E-state index contributed by atoms with van der Waals surface area (Å²) >= 11 is 0. The van der Waals surface area contributed by atoms with Crippen molar-refractivity contribution < 1.29 is 4.74 Å². The van der Waals surface area contributed by atoms with Gasteiger partial charge in [0.25, 0.3) is 0 Å². The average Bonchev–Trinajstić information content (AvgIpc) is 1.82. The van der Waals surface area contributed by atoms with Crippen molar-refractivity contribution in [2.24, 2.45) is 0 Å². The minimum atomic E-state index is -0.00926. The Morgan fingerprint density at radius 2 is 2.25 bits per heavy atom. The van der Waals surface area contributed by atoms with Gasteiger partial charge < -0.3 is 4.74 Å². The molecule has 2 radical (unpaired) electrons. The molecule has 2 heteroatoms. The standard InChI is InChI=1S/C6H11BO/c1-6(2)4-3-5(7)8-6/h5H,3-4H2,1-2H3/t5-/m1/s1. The van der Waals surface area contributed by atoms with Crippen LogP contribution in [-0.2, 0) is 4.74 Å². The molecule has 8 heavy (non-hydrogen) atoms. The highest BCUT2D eigenvalue weighted by molar-refractivity contribution is 6.11. The molecule has 1 nitrogen and oxygen atoms in total. The maximum Gasteiger partial charge on any atom is 0.109 e. The fraction of sp³-hybridized carbons (Fsp3) is 1.00. The quantitative estimate of drug-likeness (QED) is 0.424. The normalized spacial score (nSPS) is 35.5. The van der Waals surface area contributed by atoms with E-state index in [1.54, 1.807) is 0 Å². The molecule has 0 saturated carbocycles. The minimum absolute atomic E-state index is 0.00926. The van der Waals surface area contributed by atoms with Gasteiger partial charge in [-0.1, -0.05) is 0 Å². The Labute approximate surface area is 51.8 Å². The molecule has 0 amide bonds. The fourth-order valence-electron chi connectivity index (χ4n) is 1.02. The summed E-state index contributed by atoms with van der Waals surface area (Å²) in [6.07, 6.45) is 2.10. The molecule has 1 heterocycles. The Balaban J connectivity index is 2.44. The van der Waals surface area contributed by atoms with Gasteiger partial charge in [0, 0.05) is 6.00 Å². The van der Waals surface area contributed by atoms with Crippen LogP contribution in [-0.4, -0.2) is 19.5 Å². The lowest BCUT2D eigenvalue weighted by atomic mass is 9.96. The summed E-state index contributed by atoms with van der Waals surface area (Å²) in [7, 11) is 5.49. The van der Waals surface area contributed by atoms with Gasteiger partial charge in [0.2, 0.25) is 0 Å². The summed E-state index contributed by atoms with van der Waals surface area (Å²) in [5.74, 6) is 0. The topological polar surface area (TPSA) is 9.23 Å². The van der Waals surface area contributed by atoms with E-state index in [0.717, 1.165) is 12.8 Å². The van der Waals surface area contributed by atoms with E-state index in [-0.39, 0.29) is 11.6 Å². The molecule has 1 saturated heterocycles. The molecule has 1 fully saturated rings. The Morgan fingerprint density at radius 1 is 1.62 bits per heavy atom. The lowest BCUT2D eigenvalue weighted by Gasteiger charge is -2.17. The van der Waals surface area contributed by atoms with Crippen LogP contribution in [0.4, 0.5) is 0 Å². The zero-order chi connectivity index (χ0) is 6.20. The maximum atomic E-state index is 5.49. The summed E-state index contributed by atoms with van der Waals surface area (Å²) in [5, 5.41) is 0. The fourth-order valence-corrected chi connectivity index (χ4v) is 1.02. The summed E-state index contributed by atoms with van der Waals surface area (Å²) in [5.41, 5.74) is 0.0411.